The van der Waals surface area contributed by atoms with Gasteiger partial charge in [-0.15, -0.1) is 0 Å². The molecular weight excluding hydrogens is 184 g/mol. The zero-order chi connectivity index (χ0) is 11.1. The molecule has 0 saturated heterocycles. The second-order valence-electron chi connectivity index (χ2n) is 3.68. The van der Waals surface area contributed by atoms with E-state index in [1.165, 1.54) is 11.1 Å². The molecule has 0 amide bonds. The molecule has 82 valence electrons. The molecule has 1 rings (SSSR count). The lowest BCUT2D eigenvalue weighted by molar-refractivity contribution is 0.706. The Kier molecular flexibility index (Phi) is 5.08. The van der Waals surface area contributed by atoms with E-state index < -0.39 is 0 Å². The largest absolute Gasteiger partial charge is 0.330 e. The van der Waals surface area contributed by atoms with Gasteiger partial charge in [0.15, 0.2) is 0 Å². The molecule has 0 radical (unpaired) electrons. The van der Waals surface area contributed by atoms with E-state index in [2.05, 4.69) is 25.1 Å². The van der Waals surface area contributed by atoms with E-state index in [0.29, 0.717) is 6.54 Å². The van der Waals surface area contributed by atoms with Gasteiger partial charge in [0.05, 0.1) is 0 Å². The fraction of sp³-hybridized carbons (Fsp3) is 0.385. The third kappa shape index (κ3) is 3.86. The van der Waals surface area contributed by atoms with Crippen molar-refractivity contribution in [2.75, 3.05) is 6.54 Å². The van der Waals surface area contributed by atoms with Crippen LogP contribution in [0.25, 0.3) is 6.08 Å². The summed E-state index contributed by atoms with van der Waals surface area (Å²) in [6.45, 7) is 2.76. The van der Waals surface area contributed by atoms with E-state index in [9.17, 15) is 0 Å². The third-order valence-corrected chi connectivity index (χ3v) is 2.50. The van der Waals surface area contributed by atoms with Crippen molar-refractivity contribution in [3.63, 3.8) is 0 Å². The first-order chi connectivity index (χ1) is 7.27. The van der Waals surface area contributed by atoms with Gasteiger partial charge < -0.3 is 11.5 Å². The molecule has 2 heteroatoms. The van der Waals surface area contributed by atoms with Gasteiger partial charge in [0.2, 0.25) is 0 Å². The highest BCUT2D eigenvalue weighted by atomic mass is 14.6. The molecule has 0 fully saturated rings. The maximum atomic E-state index is 6.03. The predicted molar refractivity (Wildman–Crippen MR) is 66.4 cm³/mol. The van der Waals surface area contributed by atoms with Gasteiger partial charge in [0.1, 0.15) is 0 Å². The molecular formula is C13H20N2. The summed E-state index contributed by atoms with van der Waals surface area (Å²) in [6.07, 6.45) is 3.99. The molecule has 0 heterocycles. The normalized spacial score (nSPS) is 13.9. The zero-order valence-electron chi connectivity index (χ0n) is 9.32. The Morgan fingerprint density at radius 2 is 2.00 bits per heavy atom. The van der Waals surface area contributed by atoms with Gasteiger partial charge in [-0.25, -0.2) is 0 Å². The summed E-state index contributed by atoms with van der Waals surface area (Å²) in [5.41, 5.74) is 14.0. The molecule has 2 nitrogen and oxygen atoms in total. The average Bonchev–Trinajstić information content (AvgIpc) is 2.29. The van der Waals surface area contributed by atoms with Crippen molar-refractivity contribution >= 4 is 6.08 Å². The van der Waals surface area contributed by atoms with E-state index in [4.69, 9.17) is 11.5 Å². The minimum absolute atomic E-state index is 0.133. The van der Waals surface area contributed by atoms with Gasteiger partial charge in [0.25, 0.3) is 0 Å². The molecule has 1 unspecified atom stereocenters. The maximum Gasteiger partial charge on any atom is 0.0254 e. The van der Waals surface area contributed by atoms with Crippen LogP contribution in [-0.4, -0.2) is 12.6 Å². The van der Waals surface area contributed by atoms with Gasteiger partial charge in [0, 0.05) is 6.04 Å². The first-order valence-electron chi connectivity index (χ1n) is 5.49. The van der Waals surface area contributed by atoms with Gasteiger partial charge in [-0.05, 0) is 24.9 Å². The topological polar surface area (TPSA) is 52.0 Å². The van der Waals surface area contributed by atoms with Gasteiger partial charge in [-0.1, -0.05) is 48.9 Å². The van der Waals surface area contributed by atoms with Crippen LogP contribution >= 0.6 is 0 Å². The number of rotatable bonds is 5. The molecule has 0 spiro atoms. The van der Waals surface area contributed by atoms with Crippen molar-refractivity contribution in [1.82, 2.24) is 0 Å². The lowest BCUT2D eigenvalue weighted by Crippen LogP contribution is -2.23. The quantitative estimate of drug-likeness (QED) is 0.772. The van der Waals surface area contributed by atoms with Crippen LogP contribution in [0.1, 0.15) is 25.3 Å². The fourth-order valence-corrected chi connectivity index (χ4v) is 1.56. The van der Waals surface area contributed by atoms with E-state index >= 15 is 0 Å². The predicted octanol–water partition coefficient (Wildman–Crippen LogP) is 2.16. The van der Waals surface area contributed by atoms with E-state index in [1.807, 2.05) is 18.2 Å². The third-order valence-electron chi connectivity index (χ3n) is 2.50. The highest BCUT2D eigenvalue weighted by Crippen LogP contribution is 2.13. The first kappa shape index (κ1) is 12.0. The van der Waals surface area contributed by atoms with Crippen molar-refractivity contribution in [2.24, 2.45) is 11.5 Å². The number of hydrogen-bond donors (Lipinski definition) is 2. The zero-order valence-corrected chi connectivity index (χ0v) is 9.32. The van der Waals surface area contributed by atoms with Crippen molar-refractivity contribution in [1.29, 1.82) is 0 Å². The molecule has 0 aliphatic rings. The molecule has 0 saturated carbocycles. The Bertz CT molecular complexity index is 304. The Hall–Kier alpha value is -1.12. The van der Waals surface area contributed by atoms with Crippen molar-refractivity contribution in [2.45, 2.75) is 25.8 Å². The smallest absolute Gasteiger partial charge is 0.0254 e. The van der Waals surface area contributed by atoms with E-state index in [1.54, 1.807) is 0 Å². The Morgan fingerprint density at radius 1 is 1.33 bits per heavy atom. The van der Waals surface area contributed by atoms with Crippen molar-refractivity contribution < 1.29 is 0 Å². The van der Waals surface area contributed by atoms with Crippen LogP contribution in [0.4, 0.5) is 0 Å². The summed E-state index contributed by atoms with van der Waals surface area (Å²) in [6, 6.07) is 10.4. The molecule has 1 atom stereocenters. The monoisotopic (exact) mass is 204 g/mol. The Balaban J connectivity index is 2.83. The van der Waals surface area contributed by atoms with Crippen LogP contribution < -0.4 is 11.5 Å². The van der Waals surface area contributed by atoms with Crippen LogP contribution in [0.5, 0.6) is 0 Å². The second kappa shape index (κ2) is 6.38. The van der Waals surface area contributed by atoms with E-state index in [0.717, 1.165) is 12.8 Å². The summed E-state index contributed by atoms with van der Waals surface area (Å²) >= 11 is 0. The Morgan fingerprint density at radius 3 is 2.53 bits per heavy atom. The van der Waals surface area contributed by atoms with Gasteiger partial charge in [-0.3, -0.25) is 0 Å². The molecule has 1 aromatic carbocycles. The highest BCUT2D eigenvalue weighted by Gasteiger charge is 2.05. The highest BCUT2D eigenvalue weighted by molar-refractivity contribution is 5.53. The minimum Gasteiger partial charge on any atom is -0.330 e. The SMILES string of the molecule is CCC(N)C(=Cc1ccccc1)CCN. The number of nitrogens with two attached hydrogens (primary N) is 2. The Labute approximate surface area is 92.0 Å². The molecule has 4 N–H and O–H groups in total. The lowest BCUT2D eigenvalue weighted by Gasteiger charge is -2.13. The molecule has 0 bridgehead atoms. The molecule has 0 aliphatic heterocycles. The van der Waals surface area contributed by atoms with Crippen LogP contribution in [0.15, 0.2) is 35.9 Å². The van der Waals surface area contributed by atoms with Crippen LogP contribution in [0, 0.1) is 0 Å². The summed E-state index contributed by atoms with van der Waals surface area (Å²) < 4.78 is 0. The van der Waals surface area contributed by atoms with Crippen LogP contribution in [0.3, 0.4) is 0 Å². The summed E-state index contributed by atoms with van der Waals surface area (Å²) in [5, 5.41) is 0. The van der Waals surface area contributed by atoms with Gasteiger partial charge in [-0.2, -0.15) is 0 Å². The van der Waals surface area contributed by atoms with Gasteiger partial charge >= 0.3 is 0 Å². The second-order valence-corrected chi connectivity index (χ2v) is 3.68. The van der Waals surface area contributed by atoms with Crippen molar-refractivity contribution in [3.8, 4) is 0 Å². The number of hydrogen-bond acceptors (Lipinski definition) is 2. The molecule has 15 heavy (non-hydrogen) atoms. The fourth-order valence-electron chi connectivity index (χ4n) is 1.56. The minimum atomic E-state index is 0.133. The first-order valence-corrected chi connectivity index (χ1v) is 5.49. The molecule has 1 aromatic rings. The summed E-state index contributed by atoms with van der Waals surface area (Å²) in [7, 11) is 0. The molecule has 0 aliphatic carbocycles. The number of benzene rings is 1. The average molecular weight is 204 g/mol. The lowest BCUT2D eigenvalue weighted by atomic mass is 9.99. The molecule has 0 aromatic heterocycles. The summed E-state index contributed by atoms with van der Waals surface area (Å²) in [4.78, 5) is 0. The van der Waals surface area contributed by atoms with Crippen LogP contribution in [-0.2, 0) is 0 Å². The maximum absolute atomic E-state index is 6.03. The van der Waals surface area contributed by atoms with E-state index in [-0.39, 0.29) is 6.04 Å². The standard InChI is InChI=1S/C13H20N2/c1-2-13(15)12(8-9-14)10-11-6-4-3-5-7-11/h3-7,10,13H,2,8-9,14-15H2,1H3. The summed E-state index contributed by atoms with van der Waals surface area (Å²) in [5.74, 6) is 0. The van der Waals surface area contributed by atoms with Crippen molar-refractivity contribution in [3.05, 3.63) is 41.5 Å². The van der Waals surface area contributed by atoms with Crippen LogP contribution in [0.2, 0.25) is 0 Å².